The monoisotopic (exact) mass is 302 g/mol. The number of pyridine rings is 1. The van der Waals surface area contributed by atoms with Crippen LogP contribution in [0.3, 0.4) is 0 Å². The van der Waals surface area contributed by atoms with Crippen LogP contribution in [-0.2, 0) is 10.0 Å². The van der Waals surface area contributed by atoms with E-state index >= 15 is 0 Å². The molecule has 0 bridgehead atoms. The van der Waals surface area contributed by atoms with Crippen LogP contribution in [0.25, 0.3) is 0 Å². The zero-order valence-electron chi connectivity index (χ0n) is 11.2. The molecule has 0 aromatic carbocycles. The van der Waals surface area contributed by atoms with Gasteiger partial charge < -0.3 is 10.2 Å². The van der Waals surface area contributed by atoms with Crippen molar-refractivity contribution in [2.45, 2.75) is 24.8 Å². The fourth-order valence-corrected chi connectivity index (χ4v) is 2.97. The molecule has 0 aliphatic carbocycles. The molecule has 0 saturated carbocycles. The van der Waals surface area contributed by atoms with E-state index in [4.69, 9.17) is 10.2 Å². The van der Waals surface area contributed by atoms with Crippen molar-refractivity contribution in [3.05, 3.63) is 23.9 Å². The van der Waals surface area contributed by atoms with Crippen LogP contribution in [0.15, 0.2) is 23.4 Å². The fourth-order valence-electron chi connectivity index (χ4n) is 1.59. The maximum Gasteiger partial charge on any atom is 0.337 e. The van der Waals surface area contributed by atoms with Gasteiger partial charge in [0.2, 0.25) is 0 Å². The van der Waals surface area contributed by atoms with E-state index in [-0.39, 0.29) is 23.7 Å². The van der Waals surface area contributed by atoms with Crippen molar-refractivity contribution in [2.24, 2.45) is 0 Å². The van der Waals surface area contributed by atoms with Crippen molar-refractivity contribution >= 4 is 16.0 Å². The summed E-state index contributed by atoms with van der Waals surface area (Å²) in [5.41, 5.74) is -0.0776. The number of carboxylic acid groups (broad SMARTS) is 1. The van der Waals surface area contributed by atoms with E-state index in [1.54, 1.807) is 0 Å². The minimum atomic E-state index is -3.81. The van der Waals surface area contributed by atoms with E-state index in [2.05, 4.69) is 4.98 Å². The van der Waals surface area contributed by atoms with Crippen molar-refractivity contribution in [3.63, 3.8) is 0 Å². The maximum atomic E-state index is 12.3. The van der Waals surface area contributed by atoms with Gasteiger partial charge in [0.25, 0.3) is 10.0 Å². The second kappa shape index (κ2) is 7.32. The van der Waals surface area contributed by atoms with Crippen LogP contribution in [0.4, 0.5) is 0 Å². The van der Waals surface area contributed by atoms with Gasteiger partial charge in [-0.15, -0.1) is 0 Å². The van der Waals surface area contributed by atoms with E-state index < -0.39 is 16.0 Å². The Kier molecular flexibility index (Phi) is 6.05. The van der Waals surface area contributed by atoms with Gasteiger partial charge >= 0.3 is 5.97 Å². The number of carbonyl (C=O) groups is 1. The lowest BCUT2D eigenvalue weighted by molar-refractivity contribution is 0.0696. The number of hydrogen-bond acceptors (Lipinski definition) is 5. The molecule has 8 heteroatoms. The van der Waals surface area contributed by atoms with Crippen LogP contribution in [0.5, 0.6) is 0 Å². The zero-order valence-corrected chi connectivity index (χ0v) is 12.0. The standard InChI is InChI=1S/C12H18N2O5S/c1-2-3-6-14(7-8-15)20(18,19)11-5-4-10(9-13-11)12(16)17/h4-5,9,15H,2-3,6-8H2,1H3,(H,16,17). The molecule has 0 amide bonds. The molecule has 0 unspecified atom stereocenters. The second-order valence-corrected chi connectivity index (χ2v) is 6.06. The molecule has 20 heavy (non-hydrogen) atoms. The highest BCUT2D eigenvalue weighted by Gasteiger charge is 2.25. The number of aromatic carboxylic acids is 1. The SMILES string of the molecule is CCCCN(CCO)S(=O)(=O)c1ccc(C(=O)O)cn1. The van der Waals surface area contributed by atoms with E-state index in [1.807, 2.05) is 6.92 Å². The summed E-state index contributed by atoms with van der Waals surface area (Å²) < 4.78 is 25.8. The molecule has 1 aromatic rings. The summed E-state index contributed by atoms with van der Waals surface area (Å²) in [7, 11) is -3.81. The van der Waals surface area contributed by atoms with Gasteiger partial charge in [0.15, 0.2) is 5.03 Å². The average molecular weight is 302 g/mol. The maximum absolute atomic E-state index is 12.3. The molecule has 0 saturated heterocycles. The molecule has 0 atom stereocenters. The molecular weight excluding hydrogens is 284 g/mol. The summed E-state index contributed by atoms with van der Waals surface area (Å²) in [6.45, 7) is 1.94. The van der Waals surface area contributed by atoms with E-state index in [1.165, 1.54) is 6.07 Å². The summed E-state index contributed by atoms with van der Waals surface area (Å²) in [6.07, 6.45) is 2.50. The fraction of sp³-hybridized carbons (Fsp3) is 0.500. The molecule has 0 radical (unpaired) electrons. The van der Waals surface area contributed by atoms with Crippen molar-refractivity contribution in [3.8, 4) is 0 Å². The quantitative estimate of drug-likeness (QED) is 0.726. The minimum absolute atomic E-state index is 0.00923. The number of hydrogen-bond donors (Lipinski definition) is 2. The lowest BCUT2D eigenvalue weighted by Crippen LogP contribution is -2.35. The number of rotatable bonds is 8. The van der Waals surface area contributed by atoms with Gasteiger partial charge in [0.1, 0.15) is 0 Å². The number of aliphatic hydroxyl groups is 1. The largest absolute Gasteiger partial charge is 0.478 e. The highest BCUT2D eigenvalue weighted by molar-refractivity contribution is 7.89. The number of unbranched alkanes of at least 4 members (excludes halogenated alkanes) is 1. The first-order valence-corrected chi connectivity index (χ1v) is 7.67. The number of nitrogens with zero attached hydrogens (tertiary/aromatic N) is 2. The number of carboxylic acids is 1. The van der Waals surface area contributed by atoms with Gasteiger partial charge in [-0.2, -0.15) is 4.31 Å². The van der Waals surface area contributed by atoms with E-state index in [0.717, 1.165) is 23.0 Å². The minimum Gasteiger partial charge on any atom is -0.478 e. The smallest absolute Gasteiger partial charge is 0.337 e. The van der Waals surface area contributed by atoms with Gasteiger partial charge in [-0.05, 0) is 18.6 Å². The van der Waals surface area contributed by atoms with Gasteiger partial charge in [0, 0.05) is 19.3 Å². The van der Waals surface area contributed by atoms with Crippen LogP contribution < -0.4 is 0 Å². The Morgan fingerprint density at radius 3 is 2.50 bits per heavy atom. The van der Waals surface area contributed by atoms with Crippen LogP contribution in [0.2, 0.25) is 0 Å². The Labute approximate surface area is 117 Å². The number of aromatic nitrogens is 1. The molecule has 1 heterocycles. The normalized spacial score (nSPS) is 11.8. The third-order valence-electron chi connectivity index (χ3n) is 2.70. The highest BCUT2D eigenvalue weighted by Crippen LogP contribution is 2.14. The van der Waals surface area contributed by atoms with Crippen LogP contribution in [-0.4, -0.2) is 53.6 Å². The predicted molar refractivity (Wildman–Crippen MR) is 71.9 cm³/mol. The summed E-state index contributed by atoms with van der Waals surface area (Å²) in [5.74, 6) is -1.17. The van der Waals surface area contributed by atoms with E-state index in [0.29, 0.717) is 13.0 Å². The van der Waals surface area contributed by atoms with Gasteiger partial charge in [-0.3, -0.25) is 0 Å². The lowest BCUT2D eigenvalue weighted by atomic mass is 10.3. The summed E-state index contributed by atoms with van der Waals surface area (Å²) in [6, 6.07) is 2.36. The summed E-state index contributed by atoms with van der Waals surface area (Å²) in [5, 5.41) is 17.5. The Balaban J connectivity index is 3.02. The molecule has 7 nitrogen and oxygen atoms in total. The van der Waals surface area contributed by atoms with Gasteiger partial charge in [-0.1, -0.05) is 13.3 Å². The average Bonchev–Trinajstić information content (AvgIpc) is 2.43. The molecule has 0 fully saturated rings. The summed E-state index contributed by atoms with van der Waals surface area (Å²) in [4.78, 5) is 14.4. The first kappa shape index (κ1) is 16.5. The molecule has 0 aliphatic heterocycles. The van der Waals surface area contributed by atoms with Crippen LogP contribution in [0, 0.1) is 0 Å². The Morgan fingerprint density at radius 1 is 1.35 bits per heavy atom. The number of sulfonamides is 1. The van der Waals surface area contributed by atoms with Crippen LogP contribution >= 0.6 is 0 Å². The third-order valence-corrected chi connectivity index (χ3v) is 4.51. The first-order chi connectivity index (χ1) is 9.43. The predicted octanol–water partition coefficient (Wildman–Crippen LogP) is 0.563. The third kappa shape index (κ3) is 3.99. The molecule has 1 aromatic heterocycles. The highest BCUT2D eigenvalue weighted by atomic mass is 32.2. The molecule has 1 rings (SSSR count). The Bertz CT molecular complexity index is 541. The van der Waals surface area contributed by atoms with Gasteiger partial charge in [0.05, 0.1) is 12.2 Å². The molecule has 0 aliphatic rings. The lowest BCUT2D eigenvalue weighted by Gasteiger charge is -2.20. The Morgan fingerprint density at radius 2 is 2.05 bits per heavy atom. The number of aliphatic hydroxyl groups excluding tert-OH is 1. The first-order valence-electron chi connectivity index (χ1n) is 6.23. The summed E-state index contributed by atoms with van der Waals surface area (Å²) >= 11 is 0. The molecule has 0 spiro atoms. The van der Waals surface area contributed by atoms with Crippen molar-refractivity contribution in [1.82, 2.24) is 9.29 Å². The van der Waals surface area contributed by atoms with E-state index in [9.17, 15) is 13.2 Å². The topological polar surface area (TPSA) is 108 Å². The van der Waals surface area contributed by atoms with Gasteiger partial charge in [-0.25, -0.2) is 18.2 Å². The zero-order chi connectivity index (χ0) is 15.2. The Hall–Kier alpha value is -1.51. The van der Waals surface area contributed by atoms with Crippen molar-refractivity contribution in [1.29, 1.82) is 0 Å². The van der Waals surface area contributed by atoms with Crippen molar-refractivity contribution in [2.75, 3.05) is 19.7 Å². The molecular formula is C12H18N2O5S. The van der Waals surface area contributed by atoms with Crippen molar-refractivity contribution < 1.29 is 23.4 Å². The van der Waals surface area contributed by atoms with Crippen LogP contribution in [0.1, 0.15) is 30.1 Å². The molecule has 112 valence electrons. The molecule has 2 N–H and O–H groups in total. The second-order valence-electron chi connectivity index (χ2n) is 4.17.